The van der Waals surface area contributed by atoms with Crippen molar-refractivity contribution in [2.45, 2.75) is 26.2 Å². The van der Waals surface area contributed by atoms with Crippen molar-refractivity contribution in [3.63, 3.8) is 0 Å². The van der Waals surface area contributed by atoms with E-state index in [1.807, 2.05) is 48.5 Å². The first kappa shape index (κ1) is 19.8. The Morgan fingerprint density at radius 1 is 1.07 bits per heavy atom. The van der Waals surface area contributed by atoms with Crippen LogP contribution in [0, 0.1) is 0 Å². The molecule has 0 radical (unpaired) electrons. The lowest BCUT2D eigenvalue weighted by Crippen LogP contribution is -2.15. The zero-order valence-corrected chi connectivity index (χ0v) is 16.8. The molecule has 2 amide bonds. The molecule has 0 fully saturated rings. The van der Waals surface area contributed by atoms with Crippen LogP contribution in [0.3, 0.4) is 0 Å². The molecule has 5 nitrogen and oxygen atoms in total. The Bertz CT molecular complexity index is 1060. The van der Waals surface area contributed by atoms with Gasteiger partial charge in [-0.1, -0.05) is 32.9 Å². The van der Waals surface area contributed by atoms with Crippen LogP contribution in [-0.4, -0.2) is 17.0 Å². The zero-order chi connectivity index (χ0) is 20.3. The first-order valence-electron chi connectivity index (χ1n) is 8.84. The summed E-state index contributed by atoms with van der Waals surface area (Å²) < 4.78 is 1.04. The van der Waals surface area contributed by atoms with E-state index in [0.29, 0.717) is 11.3 Å². The molecule has 3 aromatic rings. The predicted molar refractivity (Wildman–Crippen MR) is 114 cm³/mol. The summed E-state index contributed by atoms with van der Waals surface area (Å²) in [6.07, 6.45) is 2.89. The summed E-state index contributed by atoms with van der Waals surface area (Å²) in [6.45, 7) is 6.35. The first-order chi connectivity index (χ1) is 13.3. The number of benzene rings is 2. The highest BCUT2D eigenvalue weighted by Gasteiger charge is 2.16. The minimum atomic E-state index is -0.581. The van der Waals surface area contributed by atoms with Gasteiger partial charge in [0.2, 0.25) is 0 Å². The number of anilines is 1. The van der Waals surface area contributed by atoms with Gasteiger partial charge in [0.25, 0.3) is 11.8 Å². The molecule has 0 aliphatic rings. The number of carbonyl (C=O) groups excluding carboxylic acids is 2. The number of fused-ring (bicyclic) bond motifs is 1. The van der Waals surface area contributed by atoms with Crippen molar-refractivity contribution in [1.29, 1.82) is 0 Å². The molecule has 0 spiro atoms. The van der Waals surface area contributed by atoms with Crippen molar-refractivity contribution >= 4 is 45.0 Å². The molecule has 0 bridgehead atoms. The smallest absolute Gasteiger partial charge is 0.267 e. The van der Waals surface area contributed by atoms with Crippen molar-refractivity contribution in [2.24, 2.45) is 0 Å². The largest absolute Gasteiger partial charge is 0.322 e. The molecule has 2 aromatic carbocycles. The highest BCUT2D eigenvalue weighted by molar-refractivity contribution is 7.19. The minimum absolute atomic E-state index is 0.0251. The molecule has 0 saturated heterocycles. The van der Waals surface area contributed by atoms with Crippen LogP contribution in [-0.2, 0) is 10.2 Å². The normalized spacial score (nSPS) is 11.7. The third kappa shape index (κ3) is 4.65. The van der Waals surface area contributed by atoms with Gasteiger partial charge in [0.1, 0.15) is 0 Å². The van der Waals surface area contributed by atoms with Gasteiger partial charge in [0.15, 0.2) is 0 Å². The van der Waals surface area contributed by atoms with Gasteiger partial charge < -0.3 is 5.32 Å². The van der Waals surface area contributed by atoms with Crippen LogP contribution in [0.15, 0.2) is 54.6 Å². The molecule has 0 atom stereocenters. The highest BCUT2D eigenvalue weighted by atomic mass is 32.1. The molecule has 3 N–H and O–H groups in total. The topological polar surface area (TPSA) is 78.4 Å². The lowest BCUT2D eigenvalue weighted by Gasteiger charge is -2.19. The molecule has 28 heavy (non-hydrogen) atoms. The third-order valence-electron chi connectivity index (χ3n) is 4.29. The number of rotatable bonds is 4. The van der Waals surface area contributed by atoms with Crippen LogP contribution in [0.2, 0.25) is 0 Å². The minimum Gasteiger partial charge on any atom is -0.322 e. The maximum Gasteiger partial charge on any atom is 0.267 e. The number of hydroxylamine groups is 1. The summed E-state index contributed by atoms with van der Waals surface area (Å²) in [4.78, 5) is 24.6. The van der Waals surface area contributed by atoms with E-state index in [0.717, 1.165) is 20.5 Å². The molecule has 0 aliphatic heterocycles. The Hall–Kier alpha value is -2.96. The Kier molecular flexibility index (Phi) is 5.63. The van der Waals surface area contributed by atoms with Crippen molar-refractivity contribution < 1.29 is 14.8 Å². The van der Waals surface area contributed by atoms with Gasteiger partial charge in [-0.3, -0.25) is 14.8 Å². The maximum absolute atomic E-state index is 12.7. The van der Waals surface area contributed by atoms with Crippen LogP contribution >= 0.6 is 11.3 Å². The second-order valence-corrected chi connectivity index (χ2v) is 8.61. The molecule has 0 saturated carbocycles. The number of carbonyl (C=O) groups is 2. The fraction of sp³-hybridized carbons (Fsp3) is 0.182. The first-order valence-corrected chi connectivity index (χ1v) is 9.65. The Balaban J connectivity index is 1.80. The Labute approximate surface area is 167 Å². The number of thiophene rings is 1. The standard InChI is InChI=1S/C22H22N2O3S/c1-22(2,3)16-6-4-5-14(11-16)21(26)23-17-7-9-19-15(12-17)13-18(28-19)8-10-20(25)24-27/h4-13,27H,1-3H3,(H,23,26)(H,24,25)/b10-8+. The number of hydrogen-bond donors (Lipinski definition) is 3. The summed E-state index contributed by atoms with van der Waals surface area (Å²) in [6, 6.07) is 15.3. The molecular formula is C22H22N2O3S. The summed E-state index contributed by atoms with van der Waals surface area (Å²) in [5.41, 5.74) is 3.97. The SMILES string of the molecule is CC(C)(C)c1cccc(C(=O)Nc2ccc3sc(/C=C/C(=O)NO)cc3c2)c1. The summed E-state index contributed by atoms with van der Waals surface area (Å²) >= 11 is 1.52. The Morgan fingerprint density at radius 2 is 1.86 bits per heavy atom. The quantitative estimate of drug-likeness (QED) is 0.332. The molecule has 1 aromatic heterocycles. The number of nitrogens with one attached hydrogen (secondary N) is 2. The second-order valence-electron chi connectivity index (χ2n) is 7.50. The summed E-state index contributed by atoms with van der Waals surface area (Å²) in [5.74, 6) is -0.733. The van der Waals surface area contributed by atoms with Gasteiger partial charge in [-0.25, -0.2) is 5.48 Å². The van der Waals surface area contributed by atoms with Crippen molar-refractivity contribution in [3.8, 4) is 0 Å². The van der Waals surface area contributed by atoms with Crippen LogP contribution < -0.4 is 10.8 Å². The van der Waals surface area contributed by atoms with E-state index in [1.165, 1.54) is 17.4 Å². The fourth-order valence-electron chi connectivity index (χ4n) is 2.75. The van der Waals surface area contributed by atoms with E-state index >= 15 is 0 Å². The van der Waals surface area contributed by atoms with Crippen LogP contribution in [0.5, 0.6) is 0 Å². The lowest BCUT2D eigenvalue weighted by molar-refractivity contribution is -0.124. The van der Waals surface area contributed by atoms with Gasteiger partial charge in [0.05, 0.1) is 0 Å². The fourth-order valence-corrected chi connectivity index (χ4v) is 3.70. The molecular weight excluding hydrogens is 372 g/mol. The van der Waals surface area contributed by atoms with Gasteiger partial charge in [-0.2, -0.15) is 0 Å². The van der Waals surface area contributed by atoms with E-state index in [2.05, 4.69) is 26.1 Å². The predicted octanol–water partition coefficient (Wildman–Crippen LogP) is 4.97. The van der Waals surface area contributed by atoms with Crippen molar-refractivity contribution in [3.05, 3.63) is 70.6 Å². The average Bonchev–Trinajstić information content (AvgIpc) is 3.07. The average molecular weight is 394 g/mol. The van der Waals surface area contributed by atoms with Gasteiger partial charge >= 0.3 is 0 Å². The van der Waals surface area contributed by atoms with Crippen LogP contribution in [0.25, 0.3) is 16.2 Å². The molecule has 6 heteroatoms. The summed E-state index contributed by atoms with van der Waals surface area (Å²) in [5, 5.41) is 12.5. The number of hydrogen-bond acceptors (Lipinski definition) is 4. The van der Waals surface area contributed by atoms with E-state index in [9.17, 15) is 9.59 Å². The maximum atomic E-state index is 12.7. The zero-order valence-electron chi connectivity index (χ0n) is 15.9. The van der Waals surface area contributed by atoms with Crippen molar-refractivity contribution in [1.82, 2.24) is 5.48 Å². The molecule has 1 heterocycles. The lowest BCUT2D eigenvalue weighted by atomic mass is 9.86. The Morgan fingerprint density at radius 3 is 2.57 bits per heavy atom. The molecule has 0 unspecified atom stereocenters. The summed E-state index contributed by atoms with van der Waals surface area (Å²) in [7, 11) is 0. The third-order valence-corrected chi connectivity index (χ3v) is 5.37. The van der Waals surface area contributed by atoms with E-state index in [-0.39, 0.29) is 11.3 Å². The monoisotopic (exact) mass is 394 g/mol. The number of amides is 2. The van der Waals surface area contributed by atoms with Gasteiger partial charge in [-0.15, -0.1) is 11.3 Å². The molecule has 3 rings (SSSR count). The van der Waals surface area contributed by atoms with E-state index in [1.54, 1.807) is 11.6 Å². The van der Waals surface area contributed by atoms with Crippen LogP contribution in [0.1, 0.15) is 41.6 Å². The second kappa shape index (κ2) is 7.96. The van der Waals surface area contributed by atoms with E-state index in [4.69, 9.17) is 5.21 Å². The van der Waals surface area contributed by atoms with Gasteiger partial charge in [0, 0.05) is 26.9 Å². The molecule has 144 valence electrons. The van der Waals surface area contributed by atoms with Gasteiger partial charge in [-0.05, 0) is 58.8 Å². The van der Waals surface area contributed by atoms with E-state index < -0.39 is 5.91 Å². The van der Waals surface area contributed by atoms with Crippen molar-refractivity contribution in [2.75, 3.05) is 5.32 Å². The molecule has 0 aliphatic carbocycles. The highest BCUT2D eigenvalue weighted by Crippen LogP contribution is 2.29. The van der Waals surface area contributed by atoms with Crippen LogP contribution in [0.4, 0.5) is 5.69 Å².